The minimum Gasteiger partial charge on any atom is -0.444 e. The molecule has 4 rings (SSSR count). The molecule has 0 radical (unpaired) electrons. The molecule has 3 atom stereocenters. The van der Waals surface area contributed by atoms with Crippen LogP contribution >= 0.6 is 0 Å². The van der Waals surface area contributed by atoms with Gasteiger partial charge in [0.15, 0.2) is 0 Å². The smallest absolute Gasteiger partial charge is 0.243 e. The molecule has 2 aliphatic rings. The summed E-state index contributed by atoms with van der Waals surface area (Å²) in [6, 6.07) is 1.93. The van der Waals surface area contributed by atoms with E-state index < -0.39 is 0 Å². The normalized spacial score (nSPS) is 25.2. The van der Waals surface area contributed by atoms with E-state index in [1.807, 2.05) is 13.8 Å². The largest absolute Gasteiger partial charge is 0.444 e. The first kappa shape index (κ1) is 17.0. The number of nitrogens with one attached hydrogen (secondary N) is 1. The van der Waals surface area contributed by atoms with Gasteiger partial charge in [-0.25, -0.2) is 15.0 Å². The predicted octanol–water partition coefficient (Wildman–Crippen LogP) is 2.54. The van der Waals surface area contributed by atoms with E-state index in [4.69, 9.17) is 4.42 Å². The summed E-state index contributed by atoms with van der Waals surface area (Å²) >= 11 is 0. The fourth-order valence-corrected chi connectivity index (χ4v) is 4.30. The van der Waals surface area contributed by atoms with Gasteiger partial charge in [0.1, 0.15) is 11.8 Å². The third kappa shape index (κ3) is 3.18. The maximum absolute atomic E-state index is 13.0. The Morgan fingerprint density at radius 2 is 2.04 bits per heavy atom. The number of nitrogens with zero attached hydrogens (tertiary/aromatic N) is 4. The van der Waals surface area contributed by atoms with E-state index in [2.05, 4.69) is 25.2 Å². The van der Waals surface area contributed by atoms with Crippen molar-refractivity contribution in [1.29, 1.82) is 0 Å². The number of amides is 1. The first-order chi connectivity index (χ1) is 12.6. The molecule has 26 heavy (non-hydrogen) atoms. The molecular formula is C19H25N5O2. The second-order valence-electron chi connectivity index (χ2n) is 7.29. The summed E-state index contributed by atoms with van der Waals surface area (Å²) < 4.78 is 5.57. The number of carbonyl (C=O) groups is 1. The molecule has 2 aromatic heterocycles. The molecule has 0 unspecified atom stereocenters. The molecule has 138 valence electrons. The second-order valence-corrected chi connectivity index (χ2v) is 7.29. The Bertz CT molecular complexity index is 756. The van der Waals surface area contributed by atoms with Gasteiger partial charge in [-0.05, 0) is 45.1 Å². The van der Waals surface area contributed by atoms with Crippen LogP contribution in [0, 0.1) is 19.8 Å². The Labute approximate surface area is 153 Å². The number of hydrogen-bond donors (Lipinski definition) is 1. The van der Waals surface area contributed by atoms with E-state index in [9.17, 15) is 4.79 Å². The lowest BCUT2D eigenvalue weighted by Gasteiger charge is -2.33. The molecule has 7 nitrogen and oxygen atoms in total. The van der Waals surface area contributed by atoms with Gasteiger partial charge in [0.25, 0.3) is 0 Å². The zero-order chi connectivity index (χ0) is 18.1. The van der Waals surface area contributed by atoms with Crippen LogP contribution in [0.3, 0.4) is 0 Å². The minimum absolute atomic E-state index is 0.000333. The lowest BCUT2D eigenvalue weighted by atomic mass is 9.85. The first-order valence-corrected chi connectivity index (χ1v) is 9.39. The van der Waals surface area contributed by atoms with Gasteiger partial charge in [-0.15, -0.1) is 0 Å². The molecule has 1 saturated carbocycles. The highest BCUT2D eigenvalue weighted by atomic mass is 16.4. The van der Waals surface area contributed by atoms with Gasteiger partial charge in [0.05, 0.1) is 12.2 Å². The lowest BCUT2D eigenvalue weighted by Crippen LogP contribution is -2.47. The molecule has 7 heteroatoms. The maximum atomic E-state index is 13.0. The van der Waals surface area contributed by atoms with Crippen LogP contribution in [0.15, 0.2) is 22.9 Å². The quantitative estimate of drug-likeness (QED) is 0.907. The Balaban J connectivity index is 1.51. The van der Waals surface area contributed by atoms with E-state index in [1.54, 1.807) is 18.5 Å². The number of fused-ring (bicyclic) bond motifs is 1. The van der Waals surface area contributed by atoms with Gasteiger partial charge in [0, 0.05) is 18.4 Å². The van der Waals surface area contributed by atoms with Crippen molar-refractivity contribution >= 4 is 11.9 Å². The summed E-state index contributed by atoms with van der Waals surface area (Å²) in [5.74, 6) is 2.53. The zero-order valence-electron chi connectivity index (χ0n) is 15.3. The molecule has 2 aromatic rings. The van der Waals surface area contributed by atoms with Gasteiger partial charge >= 0.3 is 0 Å². The van der Waals surface area contributed by atoms with Gasteiger partial charge in [0.2, 0.25) is 17.7 Å². The number of aryl methyl sites for hydroxylation is 2. The van der Waals surface area contributed by atoms with Crippen LogP contribution in [0.1, 0.15) is 49.4 Å². The first-order valence-electron chi connectivity index (χ1n) is 9.39. The van der Waals surface area contributed by atoms with Crippen molar-refractivity contribution in [2.24, 2.45) is 5.92 Å². The monoisotopic (exact) mass is 355 g/mol. The van der Waals surface area contributed by atoms with Crippen molar-refractivity contribution in [1.82, 2.24) is 20.3 Å². The van der Waals surface area contributed by atoms with Crippen LogP contribution in [0.2, 0.25) is 0 Å². The summed E-state index contributed by atoms with van der Waals surface area (Å²) in [5.41, 5.74) is 0.862. The van der Waals surface area contributed by atoms with Crippen molar-refractivity contribution in [3.05, 3.63) is 35.8 Å². The Hall–Kier alpha value is -2.44. The fraction of sp³-hybridized carbons (Fsp3) is 0.579. The summed E-state index contributed by atoms with van der Waals surface area (Å²) in [6.07, 6.45) is 9.07. The maximum Gasteiger partial charge on any atom is 0.243 e. The Kier molecular flexibility index (Phi) is 4.61. The molecule has 0 spiro atoms. The molecule has 0 aromatic carbocycles. The average Bonchev–Trinajstić information content (AvgIpc) is 3.20. The summed E-state index contributed by atoms with van der Waals surface area (Å²) in [5, 5.41) is 3.00. The van der Waals surface area contributed by atoms with E-state index in [-0.39, 0.29) is 11.9 Å². The van der Waals surface area contributed by atoms with E-state index in [0.29, 0.717) is 30.3 Å². The third-order valence-corrected chi connectivity index (χ3v) is 5.66. The highest BCUT2D eigenvalue weighted by molar-refractivity contribution is 5.85. The summed E-state index contributed by atoms with van der Waals surface area (Å²) in [7, 11) is 0. The second kappa shape index (κ2) is 7.05. The van der Waals surface area contributed by atoms with Gasteiger partial charge in [-0.3, -0.25) is 4.79 Å². The van der Waals surface area contributed by atoms with Crippen LogP contribution in [0.25, 0.3) is 0 Å². The van der Waals surface area contributed by atoms with Crippen LogP contribution in [0.5, 0.6) is 0 Å². The van der Waals surface area contributed by atoms with Crippen molar-refractivity contribution in [3.8, 4) is 0 Å². The molecule has 1 N–H and O–H groups in total. The van der Waals surface area contributed by atoms with Crippen molar-refractivity contribution in [2.75, 3.05) is 4.90 Å². The molecule has 3 heterocycles. The number of oxazole rings is 1. The fourth-order valence-electron chi connectivity index (χ4n) is 4.30. The summed E-state index contributed by atoms with van der Waals surface area (Å²) in [4.78, 5) is 28.3. The molecule has 0 bridgehead atoms. The van der Waals surface area contributed by atoms with Gasteiger partial charge in [-0.1, -0.05) is 12.8 Å². The number of hydrogen-bond acceptors (Lipinski definition) is 6. The van der Waals surface area contributed by atoms with Crippen molar-refractivity contribution < 1.29 is 9.21 Å². The van der Waals surface area contributed by atoms with E-state index in [1.165, 1.54) is 19.3 Å². The van der Waals surface area contributed by atoms with Crippen LogP contribution in [0.4, 0.5) is 5.95 Å². The molecule has 1 saturated heterocycles. The summed E-state index contributed by atoms with van der Waals surface area (Å²) in [6.45, 7) is 4.09. The molecular weight excluding hydrogens is 330 g/mol. The van der Waals surface area contributed by atoms with Crippen LogP contribution in [-0.2, 0) is 11.3 Å². The van der Waals surface area contributed by atoms with Crippen molar-refractivity contribution in [2.45, 2.75) is 64.6 Å². The third-order valence-electron chi connectivity index (χ3n) is 5.66. The molecule has 1 aliphatic carbocycles. The minimum atomic E-state index is -0.234. The Morgan fingerprint density at radius 1 is 1.27 bits per heavy atom. The zero-order valence-corrected chi connectivity index (χ0v) is 15.3. The standard InChI is InChI=1S/C19H25N5O2/c1-12-13(2)26-17(23-12)11-22-18(25)16-10-14-6-3-4-7-15(14)24(16)19-20-8-5-9-21-19/h5,8-9,14-16H,3-4,6-7,10-11H2,1-2H3,(H,22,25)/t14-,15-,16-/m0/s1. The highest BCUT2D eigenvalue weighted by Crippen LogP contribution is 2.41. The van der Waals surface area contributed by atoms with Crippen LogP contribution < -0.4 is 10.2 Å². The molecule has 2 fully saturated rings. The topological polar surface area (TPSA) is 84.2 Å². The van der Waals surface area contributed by atoms with Gasteiger partial charge in [-0.2, -0.15) is 0 Å². The molecule has 1 aliphatic heterocycles. The predicted molar refractivity (Wildman–Crippen MR) is 96.5 cm³/mol. The van der Waals surface area contributed by atoms with E-state index >= 15 is 0 Å². The SMILES string of the molecule is Cc1nc(CNC(=O)[C@@H]2C[C@@H]3CCCC[C@@H]3N2c2ncccn2)oc1C. The van der Waals surface area contributed by atoms with Gasteiger partial charge < -0.3 is 14.6 Å². The number of aromatic nitrogens is 3. The highest BCUT2D eigenvalue weighted by Gasteiger charge is 2.46. The number of carbonyl (C=O) groups excluding carboxylic acids is 1. The number of anilines is 1. The number of rotatable bonds is 4. The average molecular weight is 355 g/mol. The van der Waals surface area contributed by atoms with E-state index in [0.717, 1.165) is 24.3 Å². The van der Waals surface area contributed by atoms with Crippen molar-refractivity contribution in [3.63, 3.8) is 0 Å². The Morgan fingerprint density at radius 3 is 2.77 bits per heavy atom. The lowest BCUT2D eigenvalue weighted by molar-refractivity contribution is -0.122. The van der Waals surface area contributed by atoms with Crippen LogP contribution in [-0.4, -0.2) is 32.9 Å². The molecule has 1 amide bonds.